The van der Waals surface area contributed by atoms with Gasteiger partial charge >= 0.3 is 0 Å². The lowest BCUT2D eigenvalue weighted by atomic mass is 10.1. The predicted molar refractivity (Wildman–Crippen MR) is 67.0 cm³/mol. The van der Waals surface area contributed by atoms with Gasteiger partial charge in [-0.3, -0.25) is 4.79 Å². The number of likely N-dealkylation sites (N-methyl/N-ethyl adjacent to an activating group) is 1. The molecule has 0 radical (unpaired) electrons. The summed E-state index contributed by atoms with van der Waals surface area (Å²) < 4.78 is 5.40. The smallest absolute Gasteiger partial charge is 0.249 e. The minimum atomic E-state index is -0.215. The molecule has 4 nitrogen and oxygen atoms in total. The van der Waals surface area contributed by atoms with E-state index in [-0.39, 0.29) is 24.4 Å². The Labute approximate surface area is 104 Å². The van der Waals surface area contributed by atoms with Crippen molar-refractivity contribution in [2.75, 3.05) is 19.7 Å². The molecule has 0 aromatic carbocycles. The summed E-state index contributed by atoms with van der Waals surface area (Å²) in [4.78, 5) is 11.6. The van der Waals surface area contributed by atoms with Crippen LogP contribution in [0.4, 0.5) is 0 Å². The largest absolute Gasteiger partial charge is 0.368 e. The highest BCUT2D eigenvalue weighted by molar-refractivity contribution is 5.85. The van der Waals surface area contributed by atoms with E-state index >= 15 is 0 Å². The van der Waals surface area contributed by atoms with E-state index < -0.39 is 0 Å². The third-order valence-electron chi connectivity index (χ3n) is 2.61. The molecular weight excluding hydrogens is 228 g/mol. The SMILES string of the molecule is CCN[C@H](C)CNC(=O)C1CCCCO1.Cl. The molecule has 0 aliphatic carbocycles. The number of carbonyl (C=O) groups excluding carboxylic acids is 1. The number of carbonyl (C=O) groups is 1. The number of amides is 1. The molecule has 5 heteroatoms. The molecule has 0 saturated carbocycles. The summed E-state index contributed by atoms with van der Waals surface area (Å²) in [6.07, 6.45) is 2.83. The van der Waals surface area contributed by atoms with Crippen LogP contribution in [0.2, 0.25) is 0 Å². The molecule has 1 amide bonds. The van der Waals surface area contributed by atoms with Crippen LogP contribution >= 0.6 is 12.4 Å². The Morgan fingerprint density at radius 1 is 1.50 bits per heavy atom. The van der Waals surface area contributed by atoms with Crippen molar-refractivity contribution in [2.45, 2.75) is 45.3 Å². The lowest BCUT2D eigenvalue weighted by Gasteiger charge is -2.22. The van der Waals surface area contributed by atoms with E-state index in [4.69, 9.17) is 4.74 Å². The molecule has 96 valence electrons. The van der Waals surface area contributed by atoms with Gasteiger partial charge in [0.1, 0.15) is 6.10 Å². The number of halogens is 1. The zero-order valence-corrected chi connectivity index (χ0v) is 10.9. The van der Waals surface area contributed by atoms with Crippen LogP contribution in [-0.2, 0) is 9.53 Å². The van der Waals surface area contributed by atoms with Gasteiger partial charge in [0, 0.05) is 19.2 Å². The molecule has 2 atom stereocenters. The first kappa shape index (κ1) is 15.7. The van der Waals surface area contributed by atoms with Gasteiger partial charge in [0.25, 0.3) is 0 Å². The summed E-state index contributed by atoms with van der Waals surface area (Å²) in [5.41, 5.74) is 0. The first-order valence-electron chi connectivity index (χ1n) is 5.86. The molecule has 2 N–H and O–H groups in total. The number of nitrogens with one attached hydrogen (secondary N) is 2. The quantitative estimate of drug-likeness (QED) is 0.768. The minimum absolute atomic E-state index is 0. The molecule has 1 aliphatic heterocycles. The predicted octanol–water partition coefficient (Wildman–Crippen LogP) is 1.09. The molecular formula is C11H23ClN2O2. The Bertz CT molecular complexity index is 196. The van der Waals surface area contributed by atoms with E-state index in [1.165, 1.54) is 0 Å². The monoisotopic (exact) mass is 250 g/mol. The third kappa shape index (κ3) is 5.68. The molecule has 1 aliphatic rings. The summed E-state index contributed by atoms with van der Waals surface area (Å²) >= 11 is 0. The second-order valence-corrected chi connectivity index (χ2v) is 4.06. The van der Waals surface area contributed by atoms with E-state index in [0.29, 0.717) is 12.6 Å². The van der Waals surface area contributed by atoms with Crippen molar-refractivity contribution in [3.8, 4) is 0 Å². The van der Waals surface area contributed by atoms with Crippen LogP contribution in [0.15, 0.2) is 0 Å². The Kier molecular flexibility index (Phi) is 8.61. The highest BCUT2D eigenvalue weighted by Gasteiger charge is 2.21. The van der Waals surface area contributed by atoms with Gasteiger partial charge in [0.15, 0.2) is 0 Å². The molecule has 1 rings (SSSR count). The van der Waals surface area contributed by atoms with Crippen LogP contribution in [-0.4, -0.2) is 37.7 Å². The van der Waals surface area contributed by atoms with Crippen molar-refractivity contribution in [3.63, 3.8) is 0 Å². The first-order chi connectivity index (χ1) is 7.24. The average Bonchev–Trinajstić information content (AvgIpc) is 2.27. The third-order valence-corrected chi connectivity index (χ3v) is 2.61. The maximum absolute atomic E-state index is 11.6. The molecule has 1 saturated heterocycles. The second kappa shape index (κ2) is 8.79. The zero-order chi connectivity index (χ0) is 11.1. The van der Waals surface area contributed by atoms with Gasteiger partial charge in [-0.05, 0) is 32.7 Å². The van der Waals surface area contributed by atoms with Gasteiger partial charge in [0.05, 0.1) is 0 Å². The van der Waals surface area contributed by atoms with Crippen molar-refractivity contribution >= 4 is 18.3 Å². The maximum Gasteiger partial charge on any atom is 0.249 e. The fourth-order valence-corrected chi connectivity index (χ4v) is 1.74. The summed E-state index contributed by atoms with van der Waals surface area (Å²) in [7, 11) is 0. The van der Waals surface area contributed by atoms with E-state index in [2.05, 4.69) is 24.5 Å². The molecule has 16 heavy (non-hydrogen) atoms. The van der Waals surface area contributed by atoms with E-state index in [0.717, 1.165) is 32.4 Å². The second-order valence-electron chi connectivity index (χ2n) is 4.06. The summed E-state index contributed by atoms with van der Waals surface area (Å²) in [5.74, 6) is 0.0412. The van der Waals surface area contributed by atoms with E-state index in [9.17, 15) is 4.79 Å². The van der Waals surface area contributed by atoms with Gasteiger partial charge in [0.2, 0.25) is 5.91 Å². The van der Waals surface area contributed by atoms with Gasteiger partial charge in [-0.1, -0.05) is 6.92 Å². The lowest BCUT2D eigenvalue weighted by Crippen LogP contribution is -2.44. The molecule has 0 bridgehead atoms. The summed E-state index contributed by atoms with van der Waals surface area (Å²) in [6.45, 7) is 6.44. The molecule has 1 unspecified atom stereocenters. The number of ether oxygens (including phenoxy) is 1. The van der Waals surface area contributed by atoms with Crippen LogP contribution in [0.25, 0.3) is 0 Å². The van der Waals surface area contributed by atoms with Crippen molar-refractivity contribution in [2.24, 2.45) is 0 Å². The van der Waals surface area contributed by atoms with E-state index in [1.54, 1.807) is 0 Å². The number of rotatable bonds is 5. The van der Waals surface area contributed by atoms with Crippen molar-refractivity contribution in [3.05, 3.63) is 0 Å². The van der Waals surface area contributed by atoms with Crippen LogP contribution in [0.5, 0.6) is 0 Å². The molecule has 0 spiro atoms. The molecule has 0 aromatic heterocycles. The fourth-order valence-electron chi connectivity index (χ4n) is 1.74. The van der Waals surface area contributed by atoms with Crippen molar-refractivity contribution in [1.29, 1.82) is 0 Å². The topological polar surface area (TPSA) is 50.4 Å². The summed E-state index contributed by atoms with van der Waals surface area (Å²) in [6, 6.07) is 0.322. The van der Waals surface area contributed by atoms with Crippen LogP contribution in [0.1, 0.15) is 33.1 Å². The summed E-state index contributed by atoms with van der Waals surface area (Å²) in [5, 5.41) is 6.16. The molecule has 1 fully saturated rings. The zero-order valence-electron chi connectivity index (χ0n) is 10.1. The van der Waals surface area contributed by atoms with Gasteiger partial charge in [-0.2, -0.15) is 0 Å². The van der Waals surface area contributed by atoms with Crippen molar-refractivity contribution in [1.82, 2.24) is 10.6 Å². The lowest BCUT2D eigenvalue weighted by molar-refractivity contribution is -0.135. The van der Waals surface area contributed by atoms with Gasteiger partial charge < -0.3 is 15.4 Å². The van der Waals surface area contributed by atoms with Crippen LogP contribution < -0.4 is 10.6 Å². The highest BCUT2D eigenvalue weighted by atomic mass is 35.5. The standard InChI is InChI=1S/C11H22N2O2.ClH/c1-3-12-9(2)8-13-11(14)10-6-4-5-7-15-10;/h9-10,12H,3-8H2,1-2H3,(H,13,14);1H/t9-,10?;/m1./s1. The van der Waals surface area contributed by atoms with E-state index in [1.807, 2.05) is 0 Å². The van der Waals surface area contributed by atoms with Gasteiger partial charge in [-0.15, -0.1) is 12.4 Å². The normalized spacial score (nSPS) is 22.0. The van der Waals surface area contributed by atoms with Crippen molar-refractivity contribution < 1.29 is 9.53 Å². The number of hydrogen-bond acceptors (Lipinski definition) is 3. The first-order valence-corrected chi connectivity index (χ1v) is 5.86. The Morgan fingerprint density at radius 3 is 2.81 bits per heavy atom. The Balaban J connectivity index is 0.00000225. The van der Waals surface area contributed by atoms with Crippen LogP contribution in [0, 0.1) is 0 Å². The fraction of sp³-hybridized carbons (Fsp3) is 0.909. The molecule has 0 aromatic rings. The average molecular weight is 251 g/mol. The number of hydrogen-bond donors (Lipinski definition) is 2. The van der Waals surface area contributed by atoms with Gasteiger partial charge in [-0.25, -0.2) is 0 Å². The molecule has 1 heterocycles. The highest BCUT2D eigenvalue weighted by Crippen LogP contribution is 2.12. The Hall–Kier alpha value is -0.320. The van der Waals surface area contributed by atoms with Crippen LogP contribution in [0.3, 0.4) is 0 Å². The maximum atomic E-state index is 11.6. The minimum Gasteiger partial charge on any atom is -0.368 e. The Morgan fingerprint density at radius 2 is 2.25 bits per heavy atom.